The van der Waals surface area contributed by atoms with Gasteiger partial charge in [0.05, 0.1) is 11.7 Å². The molecular formula is C16H17N5O3. The number of aliphatic carboxylic acids is 1. The maximum absolute atomic E-state index is 12.3. The molecule has 24 heavy (non-hydrogen) atoms. The molecular weight excluding hydrogens is 310 g/mol. The molecule has 0 radical (unpaired) electrons. The van der Waals surface area contributed by atoms with Crippen molar-refractivity contribution in [1.82, 2.24) is 20.0 Å². The number of fused-ring (bicyclic) bond motifs is 1. The SMILES string of the molecule is CCCC(C(=O)O)n1ccc(NC(=O)c2ccc3[nH]ncc3c2)n1. The maximum Gasteiger partial charge on any atom is 0.328 e. The second-order valence-electron chi connectivity index (χ2n) is 5.45. The summed E-state index contributed by atoms with van der Waals surface area (Å²) in [6, 6.07) is 6.03. The Bertz CT molecular complexity index is 883. The molecule has 0 saturated carbocycles. The minimum atomic E-state index is -0.941. The smallest absolute Gasteiger partial charge is 0.328 e. The van der Waals surface area contributed by atoms with Crippen molar-refractivity contribution in [3.8, 4) is 0 Å². The van der Waals surface area contributed by atoms with E-state index in [1.54, 1.807) is 36.7 Å². The lowest BCUT2D eigenvalue weighted by Crippen LogP contribution is -2.20. The van der Waals surface area contributed by atoms with Crippen LogP contribution in [-0.2, 0) is 4.79 Å². The van der Waals surface area contributed by atoms with E-state index in [9.17, 15) is 14.7 Å². The summed E-state index contributed by atoms with van der Waals surface area (Å²) in [6.45, 7) is 1.91. The quantitative estimate of drug-likeness (QED) is 0.643. The number of carbonyl (C=O) groups excluding carboxylic acids is 1. The second kappa shape index (κ2) is 6.53. The number of anilines is 1. The average Bonchev–Trinajstić information content (AvgIpc) is 3.20. The molecule has 1 unspecified atom stereocenters. The van der Waals surface area contributed by atoms with Crippen LogP contribution in [0.15, 0.2) is 36.7 Å². The summed E-state index contributed by atoms with van der Waals surface area (Å²) in [5, 5.41) is 23.7. The largest absolute Gasteiger partial charge is 0.480 e. The van der Waals surface area contributed by atoms with Crippen molar-refractivity contribution in [2.45, 2.75) is 25.8 Å². The number of nitrogens with one attached hydrogen (secondary N) is 2. The third kappa shape index (κ3) is 3.12. The van der Waals surface area contributed by atoms with Crippen LogP contribution in [0.3, 0.4) is 0 Å². The summed E-state index contributed by atoms with van der Waals surface area (Å²) in [5.41, 5.74) is 1.32. The molecule has 1 atom stereocenters. The van der Waals surface area contributed by atoms with Crippen molar-refractivity contribution >= 4 is 28.6 Å². The number of aromatic nitrogens is 4. The highest BCUT2D eigenvalue weighted by Crippen LogP contribution is 2.17. The van der Waals surface area contributed by atoms with Crippen molar-refractivity contribution in [3.63, 3.8) is 0 Å². The highest BCUT2D eigenvalue weighted by atomic mass is 16.4. The lowest BCUT2D eigenvalue weighted by molar-refractivity contribution is -0.141. The zero-order valence-electron chi connectivity index (χ0n) is 13.1. The predicted molar refractivity (Wildman–Crippen MR) is 87.9 cm³/mol. The van der Waals surface area contributed by atoms with Crippen molar-refractivity contribution < 1.29 is 14.7 Å². The Morgan fingerprint density at radius 3 is 2.96 bits per heavy atom. The first-order valence-corrected chi connectivity index (χ1v) is 7.61. The molecule has 1 aromatic carbocycles. The van der Waals surface area contributed by atoms with Crippen LogP contribution >= 0.6 is 0 Å². The van der Waals surface area contributed by atoms with Crippen LogP contribution in [0.25, 0.3) is 10.9 Å². The minimum Gasteiger partial charge on any atom is -0.480 e. The van der Waals surface area contributed by atoms with E-state index in [1.807, 2.05) is 6.92 Å². The molecule has 8 nitrogen and oxygen atoms in total. The van der Waals surface area contributed by atoms with Crippen LogP contribution in [0, 0.1) is 0 Å². The molecule has 2 aromatic heterocycles. The van der Waals surface area contributed by atoms with Crippen molar-refractivity contribution in [3.05, 3.63) is 42.2 Å². The van der Waals surface area contributed by atoms with Gasteiger partial charge in [-0.25, -0.2) is 4.79 Å². The second-order valence-corrected chi connectivity index (χ2v) is 5.45. The lowest BCUT2D eigenvalue weighted by atomic mass is 10.1. The van der Waals surface area contributed by atoms with Crippen LogP contribution in [0.4, 0.5) is 5.82 Å². The zero-order chi connectivity index (χ0) is 17.1. The van der Waals surface area contributed by atoms with Crippen LogP contribution in [0.2, 0.25) is 0 Å². The van der Waals surface area contributed by atoms with Gasteiger partial charge in [-0.15, -0.1) is 0 Å². The summed E-state index contributed by atoms with van der Waals surface area (Å²) < 4.78 is 1.36. The molecule has 3 aromatic rings. The number of rotatable bonds is 6. The third-order valence-electron chi connectivity index (χ3n) is 3.72. The summed E-state index contributed by atoms with van der Waals surface area (Å²) in [5.74, 6) is -0.941. The van der Waals surface area contributed by atoms with Crippen LogP contribution in [0.1, 0.15) is 36.2 Å². The van der Waals surface area contributed by atoms with Gasteiger partial charge in [0.15, 0.2) is 5.82 Å². The van der Waals surface area contributed by atoms with Crippen molar-refractivity contribution in [2.75, 3.05) is 5.32 Å². The number of benzene rings is 1. The van der Waals surface area contributed by atoms with E-state index < -0.39 is 12.0 Å². The summed E-state index contributed by atoms with van der Waals surface area (Å²) in [4.78, 5) is 23.6. The molecule has 2 heterocycles. The van der Waals surface area contributed by atoms with Gasteiger partial charge in [-0.05, 0) is 24.6 Å². The molecule has 0 spiro atoms. The highest BCUT2D eigenvalue weighted by molar-refractivity contribution is 6.05. The summed E-state index contributed by atoms with van der Waals surface area (Å²) >= 11 is 0. The molecule has 1 amide bonds. The number of amides is 1. The number of carboxylic acid groups (broad SMARTS) is 1. The van der Waals surface area contributed by atoms with Gasteiger partial charge in [0.25, 0.3) is 5.91 Å². The monoisotopic (exact) mass is 327 g/mol. The molecule has 0 fully saturated rings. The van der Waals surface area contributed by atoms with E-state index in [1.165, 1.54) is 4.68 Å². The Morgan fingerprint density at radius 1 is 1.38 bits per heavy atom. The fourth-order valence-corrected chi connectivity index (χ4v) is 2.49. The molecule has 124 valence electrons. The number of nitrogens with zero attached hydrogens (tertiary/aromatic N) is 3. The van der Waals surface area contributed by atoms with E-state index in [0.717, 1.165) is 17.3 Å². The van der Waals surface area contributed by atoms with Crippen molar-refractivity contribution in [1.29, 1.82) is 0 Å². The number of aromatic amines is 1. The Morgan fingerprint density at radius 2 is 2.21 bits per heavy atom. The predicted octanol–water partition coefficient (Wildman–Crippen LogP) is 2.44. The fraction of sp³-hybridized carbons (Fsp3) is 0.250. The van der Waals surface area contributed by atoms with Gasteiger partial charge in [-0.2, -0.15) is 10.2 Å². The third-order valence-corrected chi connectivity index (χ3v) is 3.72. The Kier molecular flexibility index (Phi) is 4.28. The first kappa shape index (κ1) is 15.7. The van der Waals surface area contributed by atoms with Gasteiger partial charge < -0.3 is 10.4 Å². The van der Waals surface area contributed by atoms with Gasteiger partial charge in [0.2, 0.25) is 0 Å². The Labute approximate surface area is 137 Å². The van der Waals surface area contributed by atoms with E-state index in [2.05, 4.69) is 20.6 Å². The molecule has 0 aliphatic carbocycles. The first-order chi connectivity index (χ1) is 11.6. The van der Waals surface area contributed by atoms with E-state index >= 15 is 0 Å². The maximum atomic E-state index is 12.3. The Hall–Kier alpha value is -3.16. The average molecular weight is 327 g/mol. The molecule has 3 rings (SSSR count). The normalized spacial score (nSPS) is 12.2. The molecule has 0 aliphatic heterocycles. The Balaban J connectivity index is 1.76. The van der Waals surface area contributed by atoms with Crippen LogP contribution in [0.5, 0.6) is 0 Å². The molecule has 0 bridgehead atoms. The number of H-pyrrole nitrogens is 1. The fourth-order valence-electron chi connectivity index (χ4n) is 2.49. The molecule has 8 heteroatoms. The topological polar surface area (TPSA) is 113 Å². The van der Waals surface area contributed by atoms with Gasteiger partial charge in [0.1, 0.15) is 6.04 Å². The van der Waals surface area contributed by atoms with Crippen LogP contribution < -0.4 is 5.32 Å². The lowest BCUT2D eigenvalue weighted by Gasteiger charge is -2.11. The standard InChI is InChI=1S/C16H17N5O3/c1-2-3-13(16(23)24)21-7-6-14(20-21)18-15(22)10-4-5-12-11(8-10)9-17-19-12/h4-9,13H,2-3H2,1H3,(H,17,19)(H,23,24)(H,18,20,22). The summed E-state index contributed by atoms with van der Waals surface area (Å²) in [7, 11) is 0. The zero-order valence-corrected chi connectivity index (χ0v) is 13.1. The molecule has 0 saturated heterocycles. The van der Waals surface area contributed by atoms with Gasteiger partial charge in [-0.3, -0.25) is 14.6 Å². The first-order valence-electron chi connectivity index (χ1n) is 7.61. The van der Waals surface area contributed by atoms with Crippen molar-refractivity contribution in [2.24, 2.45) is 0 Å². The minimum absolute atomic E-state index is 0.314. The number of hydrogen-bond donors (Lipinski definition) is 3. The highest BCUT2D eigenvalue weighted by Gasteiger charge is 2.20. The number of carbonyl (C=O) groups is 2. The van der Waals surface area contributed by atoms with E-state index in [4.69, 9.17) is 0 Å². The van der Waals surface area contributed by atoms with Gasteiger partial charge >= 0.3 is 5.97 Å². The molecule has 3 N–H and O–H groups in total. The number of carboxylic acids is 1. The van der Waals surface area contributed by atoms with E-state index in [0.29, 0.717) is 17.8 Å². The van der Waals surface area contributed by atoms with Gasteiger partial charge in [-0.1, -0.05) is 13.3 Å². The molecule has 0 aliphatic rings. The number of hydrogen-bond acceptors (Lipinski definition) is 4. The summed E-state index contributed by atoms with van der Waals surface area (Å²) in [6.07, 6.45) is 4.40. The van der Waals surface area contributed by atoms with Gasteiger partial charge in [0, 0.05) is 23.2 Å². The van der Waals surface area contributed by atoms with E-state index in [-0.39, 0.29) is 5.91 Å². The van der Waals surface area contributed by atoms with Crippen LogP contribution in [-0.4, -0.2) is 37.0 Å².